The van der Waals surface area contributed by atoms with Crippen LogP contribution in [-0.4, -0.2) is 24.6 Å². The van der Waals surface area contributed by atoms with E-state index in [9.17, 15) is 8.42 Å². The Bertz CT molecular complexity index is 548. The lowest BCUT2D eigenvalue weighted by Crippen LogP contribution is -2.19. The highest BCUT2D eigenvalue weighted by molar-refractivity contribution is 7.93. The first-order chi connectivity index (χ1) is 8.04. The Balaban J connectivity index is 2.33. The molecule has 0 spiro atoms. The second-order valence-corrected chi connectivity index (χ2v) is 6.04. The van der Waals surface area contributed by atoms with E-state index in [1.807, 2.05) is 0 Å². The number of oxime groups is 1. The van der Waals surface area contributed by atoms with E-state index >= 15 is 0 Å². The Hall–Kier alpha value is -1.56. The van der Waals surface area contributed by atoms with Gasteiger partial charge in [-0.1, -0.05) is 23.4 Å². The molecule has 17 heavy (non-hydrogen) atoms. The van der Waals surface area contributed by atoms with Crippen molar-refractivity contribution in [1.29, 1.82) is 0 Å². The van der Waals surface area contributed by atoms with Crippen molar-refractivity contribution in [2.24, 2.45) is 5.16 Å². The number of rotatable bonds is 4. The van der Waals surface area contributed by atoms with Gasteiger partial charge in [-0.2, -0.15) is 0 Å². The van der Waals surface area contributed by atoms with Gasteiger partial charge in [0.25, 0.3) is 0 Å². The van der Waals surface area contributed by atoms with Gasteiger partial charge in [0, 0.05) is 5.56 Å². The molecule has 1 fully saturated rings. The summed E-state index contributed by atoms with van der Waals surface area (Å²) in [5.74, 6) is 0. The third-order valence-electron chi connectivity index (χ3n) is 2.68. The van der Waals surface area contributed by atoms with Crippen LogP contribution in [0.4, 0.5) is 5.69 Å². The summed E-state index contributed by atoms with van der Waals surface area (Å²) in [5.41, 5.74) is 1.41. The van der Waals surface area contributed by atoms with Crippen LogP contribution < -0.4 is 4.72 Å². The van der Waals surface area contributed by atoms with Gasteiger partial charge in [0.1, 0.15) is 0 Å². The summed E-state index contributed by atoms with van der Waals surface area (Å²) in [6.45, 7) is 1.62. The molecule has 0 bridgehead atoms. The maximum absolute atomic E-state index is 11.8. The molecule has 6 heteroatoms. The van der Waals surface area contributed by atoms with Gasteiger partial charge in [-0.3, -0.25) is 4.72 Å². The first-order valence-electron chi connectivity index (χ1n) is 5.34. The van der Waals surface area contributed by atoms with E-state index in [2.05, 4.69) is 9.88 Å². The molecule has 1 aromatic carbocycles. The van der Waals surface area contributed by atoms with Gasteiger partial charge in [-0.25, -0.2) is 8.42 Å². The van der Waals surface area contributed by atoms with Gasteiger partial charge >= 0.3 is 0 Å². The van der Waals surface area contributed by atoms with Crippen LogP contribution in [-0.2, 0) is 10.0 Å². The molecule has 1 aromatic rings. The number of para-hydroxylation sites is 1. The lowest BCUT2D eigenvalue weighted by atomic mass is 10.1. The molecule has 92 valence electrons. The molecule has 0 heterocycles. The Kier molecular flexibility index (Phi) is 3.06. The fraction of sp³-hybridized carbons (Fsp3) is 0.364. The maximum atomic E-state index is 11.8. The molecule has 1 aliphatic carbocycles. The zero-order chi connectivity index (χ0) is 12.5. The van der Waals surface area contributed by atoms with Crippen molar-refractivity contribution in [3.05, 3.63) is 29.8 Å². The maximum Gasteiger partial charge on any atom is 0.235 e. The Morgan fingerprint density at radius 2 is 2.06 bits per heavy atom. The number of hydrogen-bond donors (Lipinski definition) is 2. The molecular weight excluding hydrogens is 240 g/mol. The molecule has 0 aliphatic heterocycles. The van der Waals surface area contributed by atoms with Gasteiger partial charge in [0.05, 0.1) is 16.6 Å². The van der Waals surface area contributed by atoms with Crippen LogP contribution in [0.2, 0.25) is 0 Å². The van der Waals surface area contributed by atoms with E-state index in [0.29, 0.717) is 29.8 Å². The van der Waals surface area contributed by atoms with E-state index in [4.69, 9.17) is 5.21 Å². The highest BCUT2D eigenvalue weighted by atomic mass is 32.2. The Morgan fingerprint density at radius 1 is 1.41 bits per heavy atom. The van der Waals surface area contributed by atoms with Crippen molar-refractivity contribution in [3.8, 4) is 0 Å². The summed E-state index contributed by atoms with van der Waals surface area (Å²) in [7, 11) is -3.29. The summed E-state index contributed by atoms with van der Waals surface area (Å²) < 4.78 is 26.2. The molecule has 0 radical (unpaired) electrons. The zero-order valence-corrected chi connectivity index (χ0v) is 10.2. The molecular formula is C11H14N2O3S. The lowest BCUT2D eigenvalue weighted by molar-refractivity contribution is 0.319. The van der Waals surface area contributed by atoms with Gasteiger partial charge < -0.3 is 5.21 Å². The average molecular weight is 254 g/mol. The number of anilines is 1. The highest BCUT2D eigenvalue weighted by Gasteiger charge is 2.36. The molecule has 1 aliphatic rings. The summed E-state index contributed by atoms with van der Waals surface area (Å²) in [6.07, 6.45) is 1.43. The number of sulfonamides is 1. The predicted molar refractivity (Wildman–Crippen MR) is 66.0 cm³/mol. The summed E-state index contributed by atoms with van der Waals surface area (Å²) in [4.78, 5) is 0. The molecule has 5 nitrogen and oxygen atoms in total. The molecule has 1 saturated carbocycles. The van der Waals surface area contributed by atoms with E-state index < -0.39 is 10.0 Å². The summed E-state index contributed by atoms with van der Waals surface area (Å²) >= 11 is 0. The number of nitrogens with zero attached hydrogens (tertiary/aromatic N) is 1. The van der Waals surface area contributed by atoms with E-state index in [-0.39, 0.29) is 5.25 Å². The molecule has 0 atom stereocenters. The monoisotopic (exact) mass is 254 g/mol. The second kappa shape index (κ2) is 4.37. The van der Waals surface area contributed by atoms with Crippen molar-refractivity contribution >= 4 is 21.4 Å². The lowest BCUT2D eigenvalue weighted by Gasteiger charge is -2.11. The van der Waals surface area contributed by atoms with Gasteiger partial charge in [-0.05, 0) is 25.8 Å². The minimum atomic E-state index is -3.29. The van der Waals surface area contributed by atoms with Crippen molar-refractivity contribution < 1.29 is 13.6 Å². The van der Waals surface area contributed by atoms with Gasteiger partial charge in [0.2, 0.25) is 10.0 Å². The smallest absolute Gasteiger partial charge is 0.235 e. The molecule has 2 rings (SSSR count). The molecule has 0 amide bonds. The highest BCUT2D eigenvalue weighted by Crippen LogP contribution is 2.30. The summed E-state index contributed by atoms with van der Waals surface area (Å²) in [6, 6.07) is 6.86. The molecule has 0 aromatic heterocycles. The van der Waals surface area contributed by atoms with Crippen LogP contribution >= 0.6 is 0 Å². The van der Waals surface area contributed by atoms with Crippen molar-refractivity contribution in [1.82, 2.24) is 0 Å². The van der Waals surface area contributed by atoms with Crippen molar-refractivity contribution in [2.75, 3.05) is 4.72 Å². The number of benzene rings is 1. The summed E-state index contributed by atoms with van der Waals surface area (Å²) in [5, 5.41) is 11.6. The van der Waals surface area contributed by atoms with Gasteiger partial charge in [0.15, 0.2) is 0 Å². The standard InChI is InChI=1S/C11H14N2O3S/c1-8(12-14)10-4-2-3-5-11(10)13-17(15,16)9-6-7-9/h2-5,9,13-14H,6-7H2,1H3. The van der Waals surface area contributed by atoms with Crippen LogP contribution in [0.3, 0.4) is 0 Å². The van der Waals surface area contributed by atoms with Gasteiger partial charge in [-0.15, -0.1) is 0 Å². The fourth-order valence-corrected chi connectivity index (χ4v) is 2.96. The van der Waals surface area contributed by atoms with Crippen LogP contribution in [0.5, 0.6) is 0 Å². The Morgan fingerprint density at radius 3 is 2.65 bits per heavy atom. The topological polar surface area (TPSA) is 78.8 Å². The van der Waals surface area contributed by atoms with Crippen LogP contribution in [0.1, 0.15) is 25.3 Å². The largest absolute Gasteiger partial charge is 0.411 e. The molecule has 0 saturated heterocycles. The van der Waals surface area contributed by atoms with Crippen molar-refractivity contribution in [3.63, 3.8) is 0 Å². The normalized spacial score (nSPS) is 16.9. The second-order valence-electron chi connectivity index (χ2n) is 4.08. The minimum absolute atomic E-state index is 0.276. The van der Waals surface area contributed by atoms with E-state index in [1.165, 1.54) is 0 Å². The third kappa shape index (κ3) is 2.58. The number of hydrogen-bond acceptors (Lipinski definition) is 4. The molecule has 2 N–H and O–H groups in total. The minimum Gasteiger partial charge on any atom is -0.411 e. The SMILES string of the molecule is CC(=NO)c1ccccc1NS(=O)(=O)C1CC1. The van der Waals surface area contributed by atoms with Crippen molar-refractivity contribution in [2.45, 2.75) is 25.0 Å². The quantitative estimate of drug-likeness (QED) is 0.488. The third-order valence-corrected chi connectivity index (χ3v) is 4.54. The Labute approximate surface area is 100 Å². The molecule has 0 unspecified atom stereocenters. The van der Waals surface area contributed by atoms with Crippen LogP contribution in [0.15, 0.2) is 29.4 Å². The fourth-order valence-electron chi connectivity index (χ4n) is 1.56. The number of nitrogens with one attached hydrogen (secondary N) is 1. The predicted octanol–water partition coefficient (Wildman–Crippen LogP) is 1.79. The van der Waals surface area contributed by atoms with Crippen LogP contribution in [0.25, 0.3) is 0 Å². The van der Waals surface area contributed by atoms with E-state index in [1.54, 1.807) is 31.2 Å². The average Bonchev–Trinajstić information content (AvgIpc) is 3.12. The first kappa shape index (κ1) is 11.9. The first-order valence-corrected chi connectivity index (χ1v) is 6.89. The van der Waals surface area contributed by atoms with E-state index in [0.717, 1.165) is 0 Å². The van der Waals surface area contributed by atoms with Crippen LogP contribution in [0, 0.1) is 0 Å². The zero-order valence-electron chi connectivity index (χ0n) is 9.42.